The van der Waals surface area contributed by atoms with Crippen molar-refractivity contribution >= 4 is 57.1 Å². The first kappa shape index (κ1) is 18.9. The SMILES string of the molecule is O=C(O)c1cccc2c1oc1c(C(=O)O)ccc(OC3CC(Cl)CC(Cl)C3)c12. The van der Waals surface area contributed by atoms with E-state index >= 15 is 0 Å². The molecule has 28 heavy (non-hydrogen) atoms. The van der Waals surface area contributed by atoms with Crippen LogP contribution in [0.15, 0.2) is 34.7 Å². The van der Waals surface area contributed by atoms with Crippen molar-refractivity contribution in [3.05, 3.63) is 41.5 Å². The Bertz CT molecular complexity index is 1080. The number of hydrogen-bond acceptors (Lipinski definition) is 4. The van der Waals surface area contributed by atoms with Crippen molar-refractivity contribution in [1.29, 1.82) is 0 Å². The normalized spacial score (nSPS) is 22.4. The molecule has 1 aliphatic carbocycles. The Morgan fingerprint density at radius 1 is 0.929 bits per heavy atom. The molecule has 0 radical (unpaired) electrons. The Labute approximate surface area is 169 Å². The predicted octanol–water partition coefficient (Wildman–Crippen LogP) is 5.13. The minimum atomic E-state index is -1.17. The van der Waals surface area contributed by atoms with E-state index in [4.69, 9.17) is 32.4 Å². The van der Waals surface area contributed by atoms with Crippen LogP contribution in [0.1, 0.15) is 40.0 Å². The highest BCUT2D eigenvalue weighted by atomic mass is 35.5. The number of ether oxygens (including phenoxy) is 1. The zero-order chi connectivity index (χ0) is 20.0. The average molecular weight is 423 g/mol. The van der Waals surface area contributed by atoms with E-state index in [1.54, 1.807) is 18.2 Å². The van der Waals surface area contributed by atoms with Crippen molar-refractivity contribution in [2.45, 2.75) is 36.1 Å². The summed E-state index contributed by atoms with van der Waals surface area (Å²) >= 11 is 12.5. The van der Waals surface area contributed by atoms with Gasteiger partial charge in [0.1, 0.15) is 28.6 Å². The molecule has 2 N–H and O–H groups in total. The number of aromatic carboxylic acids is 2. The molecule has 0 saturated heterocycles. The molecular formula is C20H16Cl2O6. The third-order valence-corrected chi connectivity index (χ3v) is 5.62. The molecule has 8 heteroatoms. The van der Waals surface area contributed by atoms with Gasteiger partial charge in [0.15, 0.2) is 5.58 Å². The minimum Gasteiger partial charge on any atom is -0.490 e. The first-order valence-corrected chi connectivity index (χ1v) is 9.62. The van der Waals surface area contributed by atoms with Gasteiger partial charge < -0.3 is 19.4 Å². The van der Waals surface area contributed by atoms with Crippen LogP contribution in [-0.4, -0.2) is 39.0 Å². The monoisotopic (exact) mass is 422 g/mol. The van der Waals surface area contributed by atoms with Crippen molar-refractivity contribution < 1.29 is 29.0 Å². The number of carboxylic acids is 2. The first-order valence-electron chi connectivity index (χ1n) is 8.74. The van der Waals surface area contributed by atoms with Gasteiger partial charge in [-0.3, -0.25) is 0 Å². The van der Waals surface area contributed by atoms with Gasteiger partial charge in [-0.2, -0.15) is 0 Å². The van der Waals surface area contributed by atoms with Crippen LogP contribution in [0.4, 0.5) is 0 Å². The number of alkyl halides is 2. The standard InChI is InChI=1S/C20H16Cl2O6/c21-9-6-10(22)8-11(7-9)27-15-5-4-14(20(25)26)18-16(15)12-2-1-3-13(19(23)24)17(12)28-18/h1-5,9-11H,6-8H2,(H,23,24)(H,25,26). The van der Waals surface area contributed by atoms with Gasteiger partial charge in [0, 0.05) is 29.0 Å². The molecule has 2 aromatic carbocycles. The van der Waals surface area contributed by atoms with Gasteiger partial charge in [-0.05, 0) is 24.6 Å². The van der Waals surface area contributed by atoms with Crippen LogP contribution in [-0.2, 0) is 0 Å². The molecule has 1 aromatic heterocycles. The van der Waals surface area contributed by atoms with Crippen molar-refractivity contribution in [1.82, 2.24) is 0 Å². The Kier molecular flexibility index (Phi) is 4.85. The molecule has 1 aliphatic rings. The predicted molar refractivity (Wildman–Crippen MR) is 105 cm³/mol. The highest BCUT2D eigenvalue weighted by Crippen LogP contribution is 2.40. The lowest BCUT2D eigenvalue weighted by Gasteiger charge is -2.29. The summed E-state index contributed by atoms with van der Waals surface area (Å²) in [6, 6.07) is 7.63. The van der Waals surface area contributed by atoms with Crippen molar-refractivity contribution in [2.24, 2.45) is 0 Å². The van der Waals surface area contributed by atoms with Gasteiger partial charge in [-0.25, -0.2) is 9.59 Å². The summed E-state index contributed by atoms with van der Waals surface area (Å²) in [5.41, 5.74) is 0.0752. The second-order valence-electron chi connectivity index (χ2n) is 6.85. The smallest absolute Gasteiger partial charge is 0.339 e. The fourth-order valence-electron chi connectivity index (χ4n) is 3.72. The van der Waals surface area contributed by atoms with E-state index in [-0.39, 0.29) is 39.2 Å². The fourth-order valence-corrected chi connectivity index (χ4v) is 4.64. The molecule has 3 aromatic rings. The molecule has 0 amide bonds. The maximum atomic E-state index is 11.6. The van der Waals surface area contributed by atoms with E-state index in [1.165, 1.54) is 12.1 Å². The molecule has 1 fully saturated rings. The number of hydrogen-bond donors (Lipinski definition) is 2. The maximum Gasteiger partial charge on any atom is 0.339 e. The molecule has 0 aliphatic heterocycles. The van der Waals surface area contributed by atoms with E-state index in [9.17, 15) is 19.8 Å². The number of para-hydroxylation sites is 1. The zero-order valence-corrected chi connectivity index (χ0v) is 16.0. The average Bonchev–Trinajstić information content (AvgIpc) is 3.00. The molecular weight excluding hydrogens is 407 g/mol. The molecule has 6 nitrogen and oxygen atoms in total. The molecule has 146 valence electrons. The summed E-state index contributed by atoms with van der Waals surface area (Å²) in [5.74, 6) is -1.92. The van der Waals surface area contributed by atoms with Crippen LogP contribution in [0.5, 0.6) is 5.75 Å². The minimum absolute atomic E-state index is 0.0460. The van der Waals surface area contributed by atoms with Crippen LogP contribution in [0, 0.1) is 0 Å². The van der Waals surface area contributed by atoms with Crippen LogP contribution in [0.2, 0.25) is 0 Å². The van der Waals surface area contributed by atoms with E-state index < -0.39 is 11.9 Å². The molecule has 0 spiro atoms. The van der Waals surface area contributed by atoms with Gasteiger partial charge in [-0.15, -0.1) is 23.2 Å². The lowest BCUT2D eigenvalue weighted by Crippen LogP contribution is -2.31. The maximum absolute atomic E-state index is 11.6. The molecule has 1 saturated carbocycles. The second kappa shape index (κ2) is 7.18. The van der Waals surface area contributed by atoms with Gasteiger partial charge >= 0.3 is 11.9 Å². The number of halogens is 2. The quantitative estimate of drug-likeness (QED) is 0.565. The Balaban J connectivity index is 1.91. The number of carboxylic acid groups (broad SMARTS) is 2. The van der Waals surface area contributed by atoms with Crippen molar-refractivity contribution in [3.8, 4) is 5.75 Å². The number of benzene rings is 2. The zero-order valence-electron chi connectivity index (χ0n) is 14.5. The lowest BCUT2D eigenvalue weighted by molar-refractivity contribution is 0.0688. The molecule has 0 bridgehead atoms. The van der Waals surface area contributed by atoms with Crippen molar-refractivity contribution in [2.75, 3.05) is 0 Å². The van der Waals surface area contributed by atoms with E-state index in [0.717, 1.165) is 0 Å². The van der Waals surface area contributed by atoms with Crippen LogP contribution < -0.4 is 4.74 Å². The number of fused-ring (bicyclic) bond motifs is 3. The van der Waals surface area contributed by atoms with Crippen LogP contribution in [0.3, 0.4) is 0 Å². The topological polar surface area (TPSA) is 97.0 Å². The lowest BCUT2D eigenvalue weighted by atomic mass is 9.96. The van der Waals surface area contributed by atoms with Crippen LogP contribution in [0.25, 0.3) is 21.9 Å². The Morgan fingerprint density at radius 2 is 1.57 bits per heavy atom. The molecule has 2 unspecified atom stereocenters. The van der Waals surface area contributed by atoms with Gasteiger partial charge in [0.2, 0.25) is 0 Å². The number of rotatable bonds is 4. The van der Waals surface area contributed by atoms with Gasteiger partial charge in [0.25, 0.3) is 0 Å². The number of carbonyl (C=O) groups is 2. The van der Waals surface area contributed by atoms with Gasteiger partial charge in [-0.1, -0.05) is 12.1 Å². The largest absolute Gasteiger partial charge is 0.490 e. The molecule has 4 rings (SSSR count). The van der Waals surface area contributed by atoms with E-state index in [0.29, 0.717) is 35.8 Å². The Morgan fingerprint density at radius 3 is 2.21 bits per heavy atom. The van der Waals surface area contributed by atoms with E-state index in [1.807, 2.05) is 0 Å². The third kappa shape index (κ3) is 3.27. The summed E-state index contributed by atoms with van der Waals surface area (Å²) in [6.07, 6.45) is 1.70. The Hall–Kier alpha value is -2.44. The third-order valence-electron chi connectivity index (χ3n) is 4.91. The van der Waals surface area contributed by atoms with Crippen LogP contribution >= 0.6 is 23.2 Å². The fraction of sp³-hybridized carbons (Fsp3) is 0.300. The summed E-state index contributed by atoms with van der Waals surface area (Å²) < 4.78 is 11.9. The first-order chi connectivity index (χ1) is 13.3. The highest BCUT2D eigenvalue weighted by Gasteiger charge is 2.29. The number of furan rings is 1. The van der Waals surface area contributed by atoms with Crippen molar-refractivity contribution in [3.63, 3.8) is 0 Å². The highest BCUT2D eigenvalue weighted by molar-refractivity contribution is 6.24. The summed E-state index contributed by atoms with van der Waals surface area (Å²) in [5, 5.41) is 19.7. The van der Waals surface area contributed by atoms with Gasteiger partial charge in [0.05, 0.1) is 5.39 Å². The molecule has 1 heterocycles. The summed E-state index contributed by atoms with van der Waals surface area (Å²) in [7, 11) is 0. The van der Waals surface area contributed by atoms with E-state index in [2.05, 4.69) is 0 Å². The second-order valence-corrected chi connectivity index (χ2v) is 8.09. The molecule has 2 atom stereocenters. The summed E-state index contributed by atoms with van der Waals surface area (Å²) in [4.78, 5) is 23.2. The summed E-state index contributed by atoms with van der Waals surface area (Å²) in [6.45, 7) is 0.